The number of halogens is 2. The van der Waals surface area contributed by atoms with Gasteiger partial charge in [-0.05, 0) is 25.3 Å². The monoisotopic (exact) mass is 286 g/mol. The molecule has 1 atom stereocenters. The molecule has 2 rings (SSSR count). The second kappa shape index (κ2) is 5.10. The molecule has 18 heavy (non-hydrogen) atoms. The molecule has 1 saturated carbocycles. The van der Waals surface area contributed by atoms with Gasteiger partial charge in [0.25, 0.3) is 0 Å². The summed E-state index contributed by atoms with van der Waals surface area (Å²) >= 11 is 11.8. The van der Waals surface area contributed by atoms with E-state index in [1.807, 2.05) is 18.2 Å². The van der Waals surface area contributed by atoms with E-state index in [0.29, 0.717) is 13.0 Å². The Morgan fingerprint density at radius 2 is 1.94 bits per heavy atom. The molecule has 1 aromatic rings. The Kier molecular flexibility index (Phi) is 3.88. The predicted octanol–water partition coefficient (Wildman–Crippen LogP) is 3.75. The number of hydrogen-bond acceptors (Lipinski definition) is 2. The number of carbonyl (C=O) groups excluding carboxylic acids is 1. The van der Waals surface area contributed by atoms with Crippen LogP contribution in [0, 0.1) is 5.41 Å². The van der Waals surface area contributed by atoms with Crippen molar-refractivity contribution in [2.75, 3.05) is 6.61 Å². The third kappa shape index (κ3) is 2.81. The third-order valence-electron chi connectivity index (χ3n) is 3.39. The fourth-order valence-corrected chi connectivity index (χ4v) is 2.56. The summed E-state index contributed by atoms with van der Waals surface area (Å²) in [6.45, 7) is 2.15. The van der Waals surface area contributed by atoms with Crippen LogP contribution in [0.5, 0.6) is 0 Å². The topological polar surface area (TPSA) is 26.3 Å². The number of ether oxygens (including phenoxy) is 1. The maximum absolute atomic E-state index is 11.8. The van der Waals surface area contributed by atoms with Crippen LogP contribution in [-0.2, 0) is 16.0 Å². The second-order valence-corrected chi connectivity index (χ2v) is 6.42. The van der Waals surface area contributed by atoms with Crippen molar-refractivity contribution >= 4 is 29.2 Å². The van der Waals surface area contributed by atoms with Crippen molar-refractivity contribution in [3.8, 4) is 0 Å². The van der Waals surface area contributed by atoms with Crippen LogP contribution in [0.3, 0.4) is 0 Å². The summed E-state index contributed by atoms with van der Waals surface area (Å²) in [6.07, 6.45) is 2.18. The summed E-state index contributed by atoms with van der Waals surface area (Å²) in [6, 6.07) is 10.1. The number of carbonyl (C=O) groups is 1. The number of benzene rings is 1. The molecule has 1 unspecified atom stereocenters. The van der Waals surface area contributed by atoms with E-state index >= 15 is 0 Å². The summed E-state index contributed by atoms with van der Waals surface area (Å²) in [5.41, 5.74) is 0.526. The van der Waals surface area contributed by atoms with Gasteiger partial charge in [-0.1, -0.05) is 30.3 Å². The number of rotatable bonds is 5. The number of aryl methyl sites for hydroxylation is 1. The summed E-state index contributed by atoms with van der Waals surface area (Å²) in [7, 11) is 0. The average Bonchev–Trinajstić information content (AvgIpc) is 2.87. The van der Waals surface area contributed by atoms with Gasteiger partial charge in [-0.15, -0.1) is 23.2 Å². The lowest BCUT2D eigenvalue weighted by Crippen LogP contribution is -2.21. The maximum atomic E-state index is 11.8. The first-order valence-electron chi connectivity index (χ1n) is 6.05. The highest BCUT2D eigenvalue weighted by Crippen LogP contribution is 2.64. The SMILES string of the molecule is CC1(C(=O)OCCCc2ccccc2)CC1(Cl)Cl. The molecule has 0 N–H and O–H groups in total. The van der Waals surface area contributed by atoms with E-state index in [-0.39, 0.29) is 5.97 Å². The molecule has 0 radical (unpaired) electrons. The Morgan fingerprint density at radius 1 is 1.33 bits per heavy atom. The molecule has 98 valence electrons. The number of alkyl halides is 2. The van der Waals surface area contributed by atoms with Crippen molar-refractivity contribution < 1.29 is 9.53 Å². The average molecular weight is 287 g/mol. The molecule has 0 aliphatic heterocycles. The minimum atomic E-state index is -0.941. The number of esters is 1. The van der Waals surface area contributed by atoms with E-state index in [4.69, 9.17) is 27.9 Å². The van der Waals surface area contributed by atoms with Gasteiger partial charge in [0.05, 0.1) is 6.61 Å². The first-order chi connectivity index (χ1) is 8.46. The minimum absolute atomic E-state index is 0.291. The van der Waals surface area contributed by atoms with Gasteiger partial charge >= 0.3 is 5.97 Å². The predicted molar refractivity (Wildman–Crippen MR) is 72.9 cm³/mol. The van der Waals surface area contributed by atoms with Crippen molar-refractivity contribution in [2.45, 2.75) is 30.5 Å². The summed E-state index contributed by atoms with van der Waals surface area (Å²) < 4.78 is 4.28. The van der Waals surface area contributed by atoms with Gasteiger partial charge in [-0.2, -0.15) is 0 Å². The number of hydrogen-bond donors (Lipinski definition) is 0. The molecule has 2 nitrogen and oxygen atoms in total. The molecule has 0 aromatic heterocycles. The molecule has 1 aromatic carbocycles. The third-order valence-corrected chi connectivity index (χ3v) is 4.50. The van der Waals surface area contributed by atoms with Crippen LogP contribution in [0.2, 0.25) is 0 Å². The summed E-state index contributed by atoms with van der Waals surface area (Å²) in [4.78, 5) is 11.8. The van der Waals surface area contributed by atoms with Crippen LogP contribution in [-0.4, -0.2) is 16.9 Å². The van der Waals surface area contributed by atoms with Crippen LogP contribution in [0.4, 0.5) is 0 Å². The normalized spacial score (nSPS) is 24.6. The fourth-order valence-electron chi connectivity index (χ4n) is 1.87. The molecular weight excluding hydrogens is 271 g/mol. The lowest BCUT2D eigenvalue weighted by atomic mass is 10.1. The lowest BCUT2D eigenvalue weighted by Gasteiger charge is -2.11. The second-order valence-electron chi connectivity index (χ2n) is 4.94. The van der Waals surface area contributed by atoms with Gasteiger partial charge < -0.3 is 4.74 Å². The Balaban J connectivity index is 1.69. The van der Waals surface area contributed by atoms with Crippen LogP contribution < -0.4 is 0 Å². The van der Waals surface area contributed by atoms with Crippen LogP contribution in [0.25, 0.3) is 0 Å². The summed E-state index contributed by atoms with van der Waals surface area (Å²) in [5, 5.41) is 0. The van der Waals surface area contributed by atoms with Gasteiger partial charge in [0, 0.05) is 6.42 Å². The highest BCUT2D eigenvalue weighted by Gasteiger charge is 2.69. The van der Waals surface area contributed by atoms with E-state index in [1.165, 1.54) is 5.56 Å². The van der Waals surface area contributed by atoms with Crippen molar-refractivity contribution in [3.63, 3.8) is 0 Å². The standard InChI is InChI=1S/C14H16Cl2O2/c1-13(10-14(13,15)16)12(17)18-9-5-8-11-6-3-2-4-7-11/h2-4,6-7H,5,8-10H2,1H3. The molecular formula is C14H16Cl2O2. The molecule has 0 spiro atoms. The van der Waals surface area contributed by atoms with Crippen molar-refractivity contribution in [1.82, 2.24) is 0 Å². The van der Waals surface area contributed by atoms with Gasteiger partial charge in [0.2, 0.25) is 0 Å². The molecule has 0 bridgehead atoms. The van der Waals surface area contributed by atoms with Gasteiger partial charge in [-0.3, -0.25) is 4.79 Å². The van der Waals surface area contributed by atoms with Crippen LogP contribution >= 0.6 is 23.2 Å². The van der Waals surface area contributed by atoms with Gasteiger partial charge in [0.15, 0.2) is 0 Å². The maximum Gasteiger partial charge on any atom is 0.314 e. The Morgan fingerprint density at radius 3 is 2.50 bits per heavy atom. The zero-order valence-corrected chi connectivity index (χ0v) is 11.8. The first-order valence-corrected chi connectivity index (χ1v) is 6.80. The molecule has 0 saturated heterocycles. The Hall–Kier alpha value is -0.730. The van der Waals surface area contributed by atoms with Gasteiger partial charge in [-0.25, -0.2) is 0 Å². The highest BCUT2D eigenvalue weighted by atomic mass is 35.5. The Bertz CT molecular complexity index is 431. The van der Waals surface area contributed by atoms with Crippen molar-refractivity contribution in [1.29, 1.82) is 0 Å². The molecule has 0 amide bonds. The van der Waals surface area contributed by atoms with E-state index < -0.39 is 9.75 Å². The molecule has 1 aliphatic carbocycles. The fraction of sp³-hybridized carbons (Fsp3) is 0.500. The highest BCUT2D eigenvalue weighted by molar-refractivity contribution is 6.53. The van der Waals surface area contributed by atoms with Crippen LogP contribution in [0.1, 0.15) is 25.3 Å². The van der Waals surface area contributed by atoms with E-state index in [9.17, 15) is 4.79 Å². The van der Waals surface area contributed by atoms with Crippen LogP contribution in [0.15, 0.2) is 30.3 Å². The summed E-state index contributed by atoms with van der Waals surface area (Å²) in [5.74, 6) is -0.291. The molecule has 0 heterocycles. The molecule has 4 heteroatoms. The smallest absolute Gasteiger partial charge is 0.314 e. The van der Waals surface area contributed by atoms with Gasteiger partial charge in [0.1, 0.15) is 9.75 Å². The quantitative estimate of drug-likeness (QED) is 0.468. The first kappa shape index (κ1) is 13.7. The van der Waals surface area contributed by atoms with Crippen molar-refractivity contribution in [3.05, 3.63) is 35.9 Å². The van der Waals surface area contributed by atoms with E-state index in [0.717, 1.165) is 12.8 Å². The lowest BCUT2D eigenvalue weighted by molar-refractivity contribution is -0.149. The zero-order chi connectivity index (χ0) is 13.2. The van der Waals surface area contributed by atoms with Crippen molar-refractivity contribution in [2.24, 2.45) is 5.41 Å². The zero-order valence-electron chi connectivity index (χ0n) is 10.3. The molecule has 1 fully saturated rings. The molecule has 1 aliphatic rings. The van der Waals surface area contributed by atoms with E-state index in [1.54, 1.807) is 6.92 Å². The minimum Gasteiger partial charge on any atom is -0.465 e. The van der Waals surface area contributed by atoms with E-state index in [2.05, 4.69) is 12.1 Å². The Labute approximate surface area is 117 Å². The largest absolute Gasteiger partial charge is 0.465 e.